The summed E-state index contributed by atoms with van der Waals surface area (Å²) in [6.07, 6.45) is 7.72. The molecular weight excluding hydrogens is 324 g/mol. The van der Waals surface area contributed by atoms with Gasteiger partial charge in [0.05, 0.1) is 18.1 Å². The Labute approximate surface area is 156 Å². The molecule has 1 fully saturated rings. The Bertz CT molecular complexity index is 712. The first-order valence-electron chi connectivity index (χ1n) is 9.63. The van der Waals surface area contributed by atoms with Crippen molar-refractivity contribution >= 4 is 5.91 Å². The molecule has 0 aliphatic heterocycles. The number of amides is 1. The van der Waals surface area contributed by atoms with Gasteiger partial charge in [-0.25, -0.2) is 4.98 Å². The molecule has 2 aromatic rings. The van der Waals surface area contributed by atoms with E-state index >= 15 is 0 Å². The SMILES string of the molecule is CC1CCCC(NC(=O)[C@@H](N)Cc2cn(Cc3ccccc3)cn2)C1C. The molecule has 0 spiro atoms. The van der Waals surface area contributed by atoms with E-state index in [1.165, 1.54) is 18.4 Å². The molecule has 1 amide bonds. The lowest BCUT2D eigenvalue weighted by molar-refractivity contribution is -0.123. The van der Waals surface area contributed by atoms with E-state index in [2.05, 4.69) is 36.3 Å². The molecule has 1 aromatic heterocycles. The van der Waals surface area contributed by atoms with E-state index in [4.69, 9.17) is 5.73 Å². The van der Waals surface area contributed by atoms with Crippen LogP contribution in [0, 0.1) is 11.8 Å². The maximum absolute atomic E-state index is 12.5. The van der Waals surface area contributed by atoms with Gasteiger partial charge < -0.3 is 15.6 Å². The number of imidazole rings is 1. The highest BCUT2D eigenvalue weighted by Gasteiger charge is 2.29. The van der Waals surface area contributed by atoms with Gasteiger partial charge in [-0.15, -0.1) is 0 Å². The van der Waals surface area contributed by atoms with Gasteiger partial charge in [0.15, 0.2) is 0 Å². The fourth-order valence-electron chi connectivity index (χ4n) is 3.79. The average Bonchev–Trinajstić information content (AvgIpc) is 3.06. The van der Waals surface area contributed by atoms with Gasteiger partial charge >= 0.3 is 0 Å². The highest BCUT2D eigenvalue weighted by Crippen LogP contribution is 2.29. The van der Waals surface area contributed by atoms with Crippen molar-refractivity contribution in [3.63, 3.8) is 0 Å². The second-order valence-electron chi connectivity index (χ2n) is 7.72. The standard InChI is InChI=1S/C21H30N4O/c1-15-7-6-10-20(16(15)2)24-21(26)19(22)11-18-13-25(14-23-18)12-17-8-4-3-5-9-17/h3-5,8-9,13-16,19-20H,6-7,10-12,22H2,1-2H3,(H,24,26)/t15?,16?,19-,20?/m0/s1. The summed E-state index contributed by atoms with van der Waals surface area (Å²) in [7, 11) is 0. The van der Waals surface area contributed by atoms with Crippen LogP contribution in [0.2, 0.25) is 0 Å². The number of nitrogens with one attached hydrogen (secondary N) is 1. The van der Waals surface area contributed by atoms with Gasteiger partial charge in [0.1, 0.15) is 0 Å². The first-order chi connectivity index (χ1) is 12.5. The third kappa shape index (κ3) is 4.73. The van der Waals surface area contributed by atoms with Crippen molar-refractivity contribution in [1.29, 1.82) is 0 Å². The zero-order valence-corrected chi connectivity index (χ0v) is 15.8. The van der Waals surface area contributed by atoms with Gasteiger partial charge in [0, 0.05) is 25.2 Å². The Morgan fingerprint density at radius 2 is 2.08 bits per heavy atom. The Morgan fingerprint density at radius 3 is 2.85 bits per heavy atom. The van der Waals surface area contributed by atoms with Crippen LogP contribution in [0.25, 0.3) is 0 Å². The summed E-state index contributed by atoms with van der Waals surface area (Å²) in [5, 5.41) is 3.17. The van der Waals surface area contributed by atoms with Crippen molar-refractivity contribution in [2.75, 3.05) is 0 Å². The molecule has 3 rings (SSSR count). The Balaban J connectivity index is 1.53. The van der Waals surface area contributed by atoms with Gasteiger partial charge in [-0.2, -0.15) is 0 Å². The van der Waals surface area contributed by atoms with Crippen molar-refractivity contribution in [1.82, 2.24) is 14.9 Å². The first-order valence-corrected chi connectivity index (χ1v) is 9.63. The number of hydrogen-bond donors (Lipinski definition) is 2. The van der Waals surface area contributed by atoms with Crippen LogP contribution in [0.5, 0.6) is 0 Å². The zero-order valence-electron chi connectivity index (χ0n) is 15.8. The van der Waals surface area contributed by atoms with Crippen LogP contribution in [0.15, 0.2) is 42.9 Å². The van der Waals surface area contributed by atoms with Gasteiger partial charge in [0.25, 0.3) is 0 Å². The highest BCUT2D eigenvalue weighted by atomic mass is 16.2. The average molecular weight is 354 g/mol. The van der Waals surface area contributed by atoms with Gasteiger partial charge in [-0.3, -0.25) is 4.79 Å². The summed E-state index contributed by atoms with van der Waals surface area (Å²) in [6.45, 7) is 5.26. The number of benzene rings is 1. The van der Waals surface area contributed by atoms with Crippen molar-refractivity contribution in [3.05, 3.63) is 54.1 Å². The van der Waals surface area contributed by atoms with Crippen LogP contribution >= 0.6 is 0 Å². The molecule has 1 aliphatic rings. The van der Waals surface area contributed by atoms with Crippen molar-refractivity contribution in [2.45, 2.75) is 58.2 Å². The monoisotopic (exact) mass is 354 g/mol. The minimum Gasteiger partial charge on any atom is -0.352 e. The largest absolute Gasteiger partial charge is 0.352 e. The molecule has 1 saturated carbocycles. The summed E-state index contributed by atoms with van der Waals surface area (Å²) in [6, 6.07) is 9.93. The highest BCUT2D eigenvalue weighted by molar-refractivity contribution is 5.82. The summed E-state index contributed by atoms with van der Waals surface area (Å²) in [5.74, 6) is 1.09. The first kappa shape index (κ1) is 18.6. The quantitative estimate of drug-likeness (QED) is 0.838. The second-order valence-corrected chi connectivity index (χ2v) is 7.72. The third-order valence-electron chi connectivity index (χ3n) is 5.70. The fourth-order valence-corrected chi connectivity index (χ4v) is 3.79. The number of nitrogens with zero attached hydrogens (tertiary/aromatic N) is 2. The molecule has 0 radical (unpaired) electrons. The second kappa shape index (κ2) is 8.49. The van der Waals surface area contributed by atoms with Gasteiger partial charge in [-0.1, -0.05) is 57.0 Å². The molecule has 1 aliphatic carbocycles. The van der Waals surface area contributed by atoms with Gasteiger partial charge in [-0.05, 0) is 23.8 Å². The minimum absolute atomic E-state index is 0.0615. The Kier molecular flexibility index (Phi) is 6.09. The van der Waals surface area contributed by atoms with Crippen LogP contribution < -0.4 is 11.1 Å². The van der Waals surface area contributed by atoms with E-state index < -0.39 is 6.04 Å². The molecule has 1 heterocycles. The third-order valence-corrected chi connectivity index (χ3v) is 5.70. The van der Waals surface area contributed by atoms with Crippen molar-refractivity contribution < 1.29 is 4.79 Å². The summed E-state index contributed by atoms with van der Waals surface area (Å²) >= 11 is 0. The topological polar surface area (TPSA) is 72.9 Å². The van der Waals surface area contributed by atoms with E-state index in [1.54, 1.807) is 6.33 Å². The van der Waals surface area contributed by atoms with Crippen LogP contribution in [-0.4, -0.2) is 27.5 Å². The molecule has 5 heteroatoms. The van der Waals surface area contributed by atoms with Crippen LogP contribution in [0.1, 0.15) is 44.4 Å². The lowest BCUT2D eigenvalue weighted by Crippen LogP contribution is -2.50. The number of hydrogen-bond acceptors (Lipinski definition) is 3. The predicted molar refractivity (Wildman–Crippen MR) is 104 cm³/mol. The molecule has 3 unspecified atom stereocenters. The lowest BCUT2D eigenvalue weighted by Gasteiger charge is -2.35. The molecule has 0 bridgehead atoms. The molecule has 3 N–H and O–H groups in total. The predicted octanol–water partition coefficient (Wildman–Crippen LogP) is 2.74. The van der Waals surface area contributed by atoms with E-state index in [0.29, 0.717) is 18.3 Å². The minimum atomic E-state index is -0.556. The molecule has 1 aromatic carbocycles. The van der Waals surface area contributed by atoms with Crippen LogP contribution in [0.3, 0.4) is 0 Å². The lowest BCUT2D eigenvalue weighted by atomic mass is 9.78. The maximum atomic E-state index is 12.5. The normalized spacial score (nSPS) is 24.2. The van der Waals surface area contributed by atoms with E-state index in [9.17, 15) is 4.79 Å². The Morgan fingerprint density at radius 1 is 1.31 bits per heavy atom. The Hall–Kier alpha value is -2.14. The molecular formula is C21H30N4O. The van der Waals surface area contributed by atoms with Crippen molar-refractivity contribution in [3.8, 4) is 0 Å². The zero-order chi connectivity index (χ0) is 18.5. The molecule has 4 atom stereocenters. The van der Waals surface area contributed by atoms with Gasteiger partial charge in [0.2, 0.25) is 5.91 Å². The molecule has 0 saturated heterocycles. The van der Waals surface area contributed by atoms with E-state index in [1.807, 2.05) is 29.0 Å². The number of carbonyl (C=O) groups is 1. The maximum Gasteiger partial charge on any atom is 0.237 e. The fraction of sp³-hybridized carbons (Fsp3) is 0.524. The van der Waals surface area contributed by atoms with Crippen LogP contribution in [0.4, 0.5) is 0 Å². The smallest absolute Gasteiger partial charge is 0.237 e. The number of aromatic nitrogens is 2. The molecule has 26 heavy (non-hydrogen) atoms. The summed E-state index contributed by atoms with van der Waals surface area (Å²) in [4.78, 5) is 16.9. The van der Waals surface area contributed by atoms with Crippen LogP contribution in [-0.2, 0) is 17.8 Å². The van der Waals surface area contributed by atoms with Crippen molar-refractivity contribution in [2.24, 2.45) is 17.6 Å². The number of carbonyl (C=O) groups excluding carboxylic acids is 1. The van der Waals surface area contributed by atoms with E-state index in [0.717, 1.165) is 18.7 Å². The summed E-state index contributed by atoms with van der Waals surface area (Å²) < 4.78 is 2.03. The molecule has 140 valence electrons. The molecule has 5 nitrogen and oxygen atoms in total. The number of nitrogens with two attached hydrogens (primary N) is 1. The number of rotatable bonds is 6. The van der Waals surface area contributed by atoms with E-state index in [-0.39, 0.29) is 11.9 Å². The summed E-state index contributed by atoms with van der Waals surface area (Å²) in [5.41, 5.74) is 8.22.